The van der Waals surface area contributed by atoms with Gasteiger partial charge in [0.2, 0.25) is 0 Å². The minimum absolute atomic E-state index is 0.113. The van der Waals surface area contributed by atoms with Gasteiger partial charge in [-0.1, -0.05) is 0 Å². The zero-order valence-electron chi connectivity index (χ0n) is 14.3. The van der Waals surface area contributed by atoms with Gasteiger partial charge in [-0.15, -0.1) is 0 Å². The van der Waals surface area contributed by atoms with Gasteiger partial charge in [-0.2, -0.15) is 13.2 Å². The van der Waals surface area contributed by atoms with Crippen molar-refractivity contribution in [3.63, 3.8) is 0 Å². The molecule has 1 amide bonds. The fourth-order valence-corrected chi connectivity index (χ4v) is 2.03. The molecule has 2 aromatic heterocycles. The van der Waals surface area contributed by atoms with Crippen LogP contribution in [0.5, 0.6) is 0 Å². The predicted octanol–water partition coefficient (Wildman–Crippen LogP) is 4.53. The molecule has 8 heteroatoms. The highest BCUT2D eigenvalue weighted by Gasteiger charge is 2.38. The summed E-state index contributed by atoms with van der Waals surface area (Å²) in [5, 5.41) is 0. The van der Waals surface area contributed by atoms with Gasteiger partial charge in [-0.3, -0.25) is 9.88 Å². The Kier molecular flexibility index (Phi) is 5.01. The summed E-state index contributed by atoms with van der Waals surface area (Å²) in [5.41, 5.74) is -1.81. The van der Waals surface area contributed by atoms with E-state index in [1.54, 1.807) is 32.9 Å². The number of carbonyl (C=O) groups excluding carboxylic acids is 1. The molecule has 0 saturated carbocycles. The number of ether oxygens (including phenoxy) is 1. The number of rotatable bonds is 2. The van der Waals surface area contributed by atoms with Crippen LogP contribution in [0, 0.1) is 0 Å². The number of alkyl halides is 3. The highest BCUT2D eigenvalue weighted by molar-refractivity contribution is 5.88. The summed E-state index contributed by atoms with van der Waals surface area (Å²) in [6.07, 6.45) is -2.70. The summed E-state index contributed by atoms with van der Waals surface area (Å²) < 4.78 is 45.5. The van der Waals surface area contributed by atoms with Crippen LogP contribution in [0.3, 0.4) is 0 Å². The fourth-order valence-electron chi connectivity index (χ4n) is 2.03. The van der Waals surface area contributed by atoms with E-state index >= 15 is 0 Å². The molecule has 134 valence electrons. The number of nitrogens with zero attached hydrogens (tertiary/aromatic N) is 3. The third-order valence-electron chi connectivity index (χ3n) is 3.13. The number of hydrogen-bond acceptors (Lipinski definition) is 4. The van der Waals surface area contributed by atoms with E-state index < -0.39 is 23.6 Å². The van der Waals surface area contributed by atoms with Crippen LogP contribution in [-0.2, 0) is 10.9 Å². The molecule has 2 rings (SSSR count). The fraction of sp³-hybridized carbons (Fsp3) is 0.353. The van der Waals surface area contributed by atoms with Crippen molar-refractivity contribution >= 4 is 11.8 Å². The maximum Gasteiger partial charge on any atom is 0.435 e. The molecule has 2 aromatic rings. The Bertz CT molecular complexity index is 756. The first-order valence-corrected chi connectivity index (χ1v) is 7.44. The molecule has 0 aromatic carbocycles. The maximum atomic E-state index is 13.4. The molecule has 0 N–H and O–H groups in total. The van der Waals surface area contributed by atoms with E-state index in [4.69, 9.17) is 4.74 Å². The van der Waals surface area contributed by atoms with E-state index in [1.165, 1.54) is 31.6 Å². The average molecular weight is 353 g/mol. The Balaban J connectivity index is 2.46. The van der Waals surface area contributed by atoms with Gasteiger partial charge in [-0.25, -0.2) is 9.78 Å². The van der Waals surface area contributed by atoms with Crippen LogP contribution >= 0.6 is 0 Å². The van der Waals surface area contributed by atoms with Crippen molar-refractivity contribution in [3.8, 4) is 11.3 Å². The molecule has 0 radical (unpaired) electrons. The highest BCUT2D eigenvalue weighted by atomic mass is 19.4. The zero-order valence-corrected chi connectivity index (χ0v) is 14.3. The van der Waals surface area contributed by atoms with E-state index in [-0.39, 0.29) is 11.4 Å². The summed E-state index contributed by atoms with van der Waals surface area (Å²) in [7, 11) is 1.21. The Morgan fingerprint density at radius 3 is 2.36 bits per heavy atom. The van der Waals surface area contributed by atoms with Crippen LogP contribution in [0.15, 0.2) is 36.7 Å². The van der Waals surface area contributed by atoms with Gasteiger partial charge in [0.15, 0.2) is 5.69 Å². The SMILES string of the molecule is CN(C(=O)OC(C)(C)C)c1ccc(-c2cccnc2)nc1C(F)(F)F. The monoisotopic (exact) mass is 353 g/mol. The minimum atomic E-state index is -4.73. The third kappa shape index (κ3) is 4.68. The smallest absolute Gasteiger partial charge is 0.435 e. The quantitative estimate of drug-likeness (QED) is 0.796. The summed E-state index contributed by atoms with van der Waals surface area (Å²) in [5.74, 6) is 0. The molecule has 0 fully saturated rings. The third-order valence-corrected chi connectivity index (χ3v) is 3.13. The number of amides is 1. The van der Waals surface area contributed by atoms with Crippen molar-refractivity contribution in [1.29, 1.82) is 0 Å². The molecule has 0 unspecified atom stereocenters. The molecule has 5 nitrogen and oxygen atoms in total. The molecule has 0 atom stereocenters. The average Bonchev–Trinajstić information content (AvgIpc) is 2.52. The van der Waals surface area contributed by atoms with Gasteiger partial charge >= 0.3 is 12.3 Å². The van der Waals surface area contributed by atoms with Crippen molar-refractivity contribution in [2.45, 2.75) is 32.5 Å². The van der Waals surface area contributed by atoms with Crippen molar-refractivity contribution in [1.82, 2.24) is 9.97 Å². The lowest BCUT2D eigenvalue weighted by molar-refractivity contribution is -0.140. The van der Waals surface area contributed by atoms with Gasteiger partial charge in [-0.05, 0) is 45.0 Å². The summed E-state index contributed by atoms with van der Waals surface area (Å²) >= 11 is 0. The lowest BCUT2D eigenvalue weighted by atomic mass is 10.1. The molecular formula is C17H18F3N3O2. The Labute approximate surface area is 143 Å². The molecular weight excluding hydrogens is 335 g/mol. The second-order valence-corrected chi connectivity index (χ2v) is 6.34. The first-order valence-electron chi connectivity index (χ1n) is 7.44. The molecule has 0 saturated heterocycles. The van der Waals surface area contributed by atoms with E-state index in [0.717, 1.165) is 4.90 Å². The molecule has 0 aliphatic carbocycles. The Morgan fingerprint density at radius 2 is 1.84 bits per heavy atom. The summed E-state index contributed by atoms with van der Waals surface area (Å²) in [6.45, 7) is 4.90. The van der Waals surface area contributed by atoms with Gasteiger partial charge in [0, 0.05) is 25.0 Å². The number of halogens is 3. The van der Waals surface area contributed by atoms with Gasteiger partial charge in [0.1, 0.15) is 5.60 Å². The van der Waals surface area contributed by atoms with Crippen molar-refractivity contribution in [2.24, 2.45) is 0 Å². The molecule has 25 heavy (non-hydrogen) atoms. The minimum Gasteiger partial charge on any atom is -0.443 e. The van der Waals surface area contributed by atoms with Crippen molar-refractivity contribution in [2.75, 3.05) is 11.9 Å². The van der Waals surface area contributed by atoms with Crippen LogP contribution < -0.4 is 4.90 Å². The van der Waals surface area contributed by atoms with E-state index in [1.807, 2.05) is 0 Å². The van der Waals surface area contributed by atoms with Crippen LogP contribution in [0.25, 0.3) is 11.3 Å². The molecule has 0 spiro atoms. The first-order chi connectivity index (χ1) is 11.5. The van der Waals surface area contributed by atoms with E-state index in [9.17, 15) is 18.0 Å². The maximum absolute atomic E-state index is 13.4. The van der Waals surface area contributed by atoms with Gasteiger partial charge in [0.05, 0.1) is 11.4 Å². The van der Waals surface area contributed by atoms with Crippen molar-refractivity contribution in [3.05, 3.63) is 42.4 Å². The first kappa shape index (κ1) is 18.7. The standard InChI is InChI=1S/C17H18F3N3O2/c1-16(2,3)25-15(24)23(4)13-8-7-12(11-6-5-9-21-10-11)22-14(13)17(18,19)20/h5-10H,1-4H3. The second-order valence-electron chi connectivity index (χ2n) is 6.34. The normalized spacial score (nSPS) is 12.0. The number of anilines is 1. The topological polar surface area (TPSA) is 55.3 Å². The lowest BCUT2D eigenvalue weighted by Crippen LogP contribution is -2.35. The van der Waals surface area contributed by atoms with Gasteiger partial charge in [0.25, 0.3) is 0 Å². The van der Waals surface area contributed by atoms with Gasteiger partial charge < -0.3 is 4.74 Å². The van der Waals surface area contributed by atoms with Crippen LogP contribution in [-0.4, -0.2) is 28.7 Å². The number of hydrogen-bond donors (Lipinski definition) is 0. The number of aromatic nitrogens is 2. The molecule has 0 bridgehead atoms. The Hall–Kier alpha value is -2.64. The highest BCUT2D eigenvalue weighted by Crippen LogP contribution is 2.36. The molecule has 0 aliphatic heterocycles. The van der Waals surface area contributed by atoms with E-state index in [2.05, 4.69) is 9.97 Å². The van der Waals surface area contributed by atoms with Crippen molar-refractivity contribution < 1.29 is 22.7 Å². The Morgan fingerprint density at radius 1 is 1.16 bits per heavy atom. The van der Waals surface area contributed by atoms with Crippen LogP contribution in [0.2, 0.25) is 0 Å². The predicted molar refractivity (Wildman–Crippen MR) is 87.1 cm³/mol. The largest absolute Gasteiger partial charge is 0.443 e. The summed E-state index contributed by atoms with van der Waals surface area (Å²) in [4.78, 5) is 20.5. The second kappa shape index (κ2) is 6.70. The lowest BCUT2D eigenvalue weighted by Gasteiger charge is -2.26. The molecule has 0 aliphatic rings. The zero-order chi connectivity index (χ0) is 18.8. The van der Waals surface area contributed by atoms with E-state index in [0.29, 0.717) is 5.56 Å². The van der Waals surface area contributed by atoms with Crippen LogP contribution in [0.1, 0.15) is 26.5 Å². The number of pyridine rings is 2. The van der Waals surface area contributed by atoms with Crippen LogP contribution in [0.4, 0.5) is 23.7 Å². The summed E-state index contributed by atoms with van der Waals surface area (Å²) in [6, 6.07) is 5.81. The number of carbonyl (C=O) groups is 1. The molecule has 2 heterocycles.